The Morgan fingerprint density at radius 1 is 1.19 bits per heavy atom. The first-order valence-corrected chi connectivity index (χ1v) is 8.35. The number of carbonyl (C=O) groups is 2. The van der Waals surface area contributed by atoms with E-state index in [4.69, 9.17) is 5.11 Å². The Labute approximate surface area is 129 Å². The number of rotatable bonds is 9. The lowest BCUT2D eigenvalue weighted by Crippen LogP contribution is -2.29. The van der Waals surface area contributed by atoms with E-state index >= 15 is 0 Å². The number of hydrogen-bond donors (Lipinski definition) is 3. The summed E-state index contributed by atoms with van der Waals surface area (Å²) in [6.07, 6.45) is 4.75. The molecule has 0 aliphatic rings. The van der Waals surface area contributed by atoms with E-state index in [1.165, 1.54) is 0 Å². The highest BCUT2D eigenvalue weighted by Crippen LogP contribution is 2.11. The first-order chi connectivity index (χ1) is 10.1. The molecule has 1 aromatic carbocycles. The van der Waals surface area contributed by atoms with E-state index < -0.39 is 5.97 Å². The van der Waals surface area contributed by atoms with E-state index in [-0.39, 0.29) is 12.5 Å². The quantitative estimate of drug-likeness (QED) is 0.613. The Morgan fingerprint density at radius 3 is 2.52 bits per heavy atom. The van der Waals surface area contributed by atoms with Gasteiger partial charge in [-0.25, -0.2) is 4.79 Å². The van der Waals surface area contributed by atoms with E-state index in [0.717, 1.165) is 24.2 Å². The molecular weight excluding hydrogens is 288 g/mol. The van der Waals surface area contributed by atoms with Crippen LogP contribution in [0.3, 0.4) is 0 Å². The van der Waals surface area contributed by atoms with Gasteiger partial charge in [0.25, 0.3) is 0 Å². The lowest BCUT2D eigenvalue weighted by atomic mass is 10.1. The summed E-state index contributed by atoms with van der Waals surface area (Å²) in [7, 11) is 0. The Hall–Kier alpha value is -1.69. The normalized spacial score (nSPS) is 10.1. The number of anilines is 1. The summed E-state index contributed by atoms with van der Waals surface area (Å²) in [5.41, 5.74) is 1.65. The molecule has 2 amide bonds. The number of carboxylic acid groups (broad SMARTS) is 1. The van der Waals surface area contributed by atoms with Gasteiger partial charge in [-0.1, -0.05) is 12.1 Å². The highest BCUT2D eigenvalue weighted by Gasteiger charge is 2.02. The van der Waals surface area contributed by atoms with Gasteiger partial charge < -0.3 is 15.7 Å². The van der Waals surface area contributed by atoms with Crippen LogP contribution in [-0.4, -0.2) is 35.7 Å². The number of thioether (sulfide) groups is 1. The molecule has 21 heavy (non-hydrogen) atoms. The van der Waals surface area contributed by atoms with Crippen LogP contribution in [0.4, 0.5) is 10.5 Å². The third-order valence-electron chi connectivity index (χ3n) is 2.90. The maximum Gasteiger partial charge on any atom is 0.319 e. The smallest absolute Gasteiger partial charge is 0.319 e. The fourth-order valence-electron chi connectivity index (χ4n) is 1.75. The van der Waals surface area contributed by atoms with E-state index in [0.29, 0.717) is 18.7 Å². The highest BCUT2D eigenvalue weighted by molar-refractivity contribution is 7.98. The summed E-state index contributed by atoms with van der Waals surface area (Å²) in [4.78, 5) is 22.1. The number of benzene rings is 1. The summed E-state index contributed by atoms with van der Waals surface area (Å²) < 4.78 is 0. The molecule has 0 saturated heterocycles. The van der Waals surface area contributed by atoms with Gasteiger partial charge in [-0.15, -0.1) is 0 Å². The van der Waals surface area contributed by atoms with Gasteiger partial charge >= 0.3 is 12.0 Å². The molecular formula is C15H22N2O3S. The zero-order valence-electron chi connectivity index (χ0n) is 12.2. The van der Waals surface area contributed by atoms with Gasteiger partial charge in [-0.05, 0) is 49.0 Å². The maximum absolute atomic E-state index is 11.6. The predicted molar refractivity (Wildman–Crippen MR) is 87.0 cm³/mol. The minimum absolute atomic E-state index is 0.114. The Kier molecular flexibility index (Phi) is 8.35. The van der Waals surface area contributed by atoms with Gasteiger partial charge in [0.2, 0.25) is 0 Å². The van der Waals surface area contributed by atoms with Gasteiger partial charge in [-0.2, -0.15) is 11.8 Å². The minimum Gasteiger partial charge on any atom is -0.481 e. The van der Waals surface area contributed by atoms with Crippen LogP contribution in [0.2, 0.25) is 0 Å². The third kappa shape index (κ3) is 8.24. The molecule has 0 aliphatic carbocycles. The Balaban J connectivity index is 2.27. The van der Waals surface area contributed by atoms with Crippen molar-refractivity contribution >= 4 is 29.4 Å². The molecule has 1 rings (SSSR count). The minimum atomic E-state index is -0.807. The zero-order chi connectivity index (χ0) is 15.5. The van der Waals surface area contributed by atoms with Crippen LogP contribution in [0, 0.1) is 0 Å². The van der Waals surface area contributed by atoms with Crippen molar-refractivity contribution in [3.63, 3.8) is 0 Å². The highest BCUT2D eigenvalue weighted by atomic mass is 32.2. The van der Waals surface area contributed by atoms with E-state index in [1.54, 1.807) is 23.9 Å². The van der Waals surface area contributed by atoms with Crippen molar-refractivity contribution in [3.8, 4) is 0 Å². The second-order valence-corrected chi connectivity index (χ2v) is 5.66. The first kappa shape index (κ1) is 17.4. The number of nitrogens with one attached hydrogen (secondary N) is 2. The SMILES string of the molecule is CSCCCCNC(=O)Nc1ccc(CCC(=O)O)cc1. The van der Waals surface area contributed by atoms with E-state index in [1.807, 2.05) is 12.1 Å². The average Bonchev–Trinajstić information content (AvgIpc) is 2.46. The molecule has 0 heterocycles. The van der Waals surface area contributed by atoms with Crippen LogP contribution in [0.1, 0.15) is 24.8 Å². The van der Waals surface area contributed by atoms with Gasteiger partial charge in [0, 0.05) is 18.7 Å². The van der Waals surface area contributed by atoms with E-state index in [9.17, 15) is 9.59 Å². The number of unbranched alkanes of at least 4 members (excludes halogenated alkanes) is 1. The van der Waals surface area contributed by atoms with Gasteiger partial charge in [0.05, 0.1) is 0 Å². The molecule has 0 radical (unpaired) electrons. The number of carbonyl (C=O) groups excluding carboxylic acids is 1. The summed E-state index contributed by atoms with van der Waals surface area (Å²) in [5.74, 6) is 0.305. The molecule has 0 unspecified atom stereocenters. The third-order valence-corrected chi connectivity index (χ3v) is 3.60. The summed E-state index contributed by atoms with van der Waals surface area (Å²) in [6.45, 7) is 0.670. The van der Waals surface area contributed by atoms with Crippen molar-refractivity contribution in [1.82, 2.24) is 5.32 Å². The number of carboxylic acids is 1. The second kappa shape index (κ2) is 10.1. The number of amides is 2. The molecule has 3 N–H and O–H groups in total. The molecule has 0 aliphatic heterocycles. The van der Waals surface area contributed by atoms with Gasteiger partial charge in [0.1, 0.15) is 0 Å². The monoisotopic (exact) mass is 310 g/mol. The summed E-state index contributed by atoms with van der Waals surface area (Å²) in [5, 5.41) is 14.2. The van der Waals surface area contributed by atoms with Gasteiger partial charge in [0.15, 0.2) is 0 Å². The van der Waals surface area contributed by atoms with Crippen LogP contribution in [0.15, 0.2) is 24.3 Å². The van der Waals surface area contributed by atoms with E-state index in [2.05, 4.69) is 16.9 Å². The molecule has 116 valence electrons. The maximum atomic E-state index is 11.6. The standard InChI is InChI=1S/C15H22N2O3S/c1-21-11-3-2-10-16-15(20)17-13-7-4-12(5-8-13)6-9-14(18)19/h4-5,7-8H,2-3,6,9-11H2,1H3,(H,18,19)(H2,16,17,20). The van der Waals surface area contributed by atoms with Crippen LogP contribution in [0.25, 0.3) is 0 Å². The fourth-order valence-corrected chi connectivity index (χ4v) is 2.25. The summed E-state index contributed by atoms with van der Waals surface area (Å²) >= 11 is 1.81. The van der Waals surface area contributed by atoms with Gasteiger partial charge in [-0.3, -0.25) is 4.79 Å². The lowest BCUT2D eigenvalue weighted by Gasteiger charge is -2.08. The number of aryl methyl sites for hydroxylation is 1. The zero-order valence-corrected chi connectivity index (χ0v) is 13.0. The Bertz CT molecular complexity index is 449. The average molecular weight is 310 g/mol. The van der Waals surface area contributed by atoms with Crippen molar-refractivity contribution in [2.45, 2.75) is 25.7 Å². The van der Waals surface area contributed by atoms with Crippen LogP contribution < -0.4 is 10.6 Å². The molecule has 6 heteroatoms. The molecule has 5 nitrogen and oxygen atoms in total. The van der Waals surface area contributed by atoms with Crippen molar-refractivity contribution in [3.05, 3.63) is 29.8 Å². The van der Waals surface area contributed by atoms with Crippen LogP contribution >= 0.6 is 11.8 Å². The first-order valence-electron chi connectivity index (χ1n) is 6.96. The Morgan fingerprint density at radius 2 is 1.90 bits per heavy atom. The molecule has 0 spiro atoms. The number of aliphatic carboxylic acids is 1. The fraction of sp³-hybridized carbons (Fsp3) is 0.467. The molecule has 0 saturated carbocycles. The predicted octanol–water partition coefficient (Wildman–Crippen LogP) is 2.97. The second-order valence-electron chi connectivity index (χ2n) is 4.67. The van der Waals surface area contributed by atoms with Crippen LogP contribution in [-0.2, 0) is 11.2 Å². The lowest BCUT2D eigenvalue weighted by molar-refractivity contribution is -0.136. The van der Waals surface area contributed by atoms with Crippen molar-refractivity contribution in [2.75, 3.05) is 23.9 Å². The molecule has 0 fully saturated rings. The molecule has 0 aromatic heterocycles. The molecule has 0 bridgehead atoms. The number of urea groups is 1. The van der Waals surface area contributed by atoms with Crippen molar-refractivity contribution < 1.29 is 14.7 Å². The topological polar surface area (TPSA) is 78.4 Å². The largest absolute Gasteiger partial charge is 0.481 e. The van der Waals surface area contributed by atoms with Crippen molar-refractivity contribution in [1.29, 1.82) is 0 Å². The molecule has 1 aromatic rings. The summed E-state index contributed by atoms with van der Waals surface area (Å²) in [6, 6.07) is 7.01. The number of hydrogen-bond acceptors (Lipinski definition) is 3. The molecule has 0 atom stereocenters. The van der Waals surface area contributed by atoms with Crippen molar-refractivity contribution in [2.24, 2.45) is 0 Å². The van der Waals surface area contributed by atoms with Crippen LogP contribution in [0.5, 0.6) is 0 Å².